The molecule has 1 N–H and O–H groups in total. The smallest absolute Gasteiger partial charge is 0.224 e. The van der Waals surface area contributed by atoms with Crippen LogP contribution < -0.4 is 5.32 Å². The van der Waals surface area contributed by atoms with Crippen LogP contribution in [0.1, 0.15) is 22.5 Å². The van der Waals surface area contributed by atoms with Gasteiger partial charge in [-0.15, -0.1) is 0 Å². The molecule has 0 saturated carbocycles. The maximum Gasteiger partial charge on any atom is 0.224 e. The fourth-order valence-electron chi connectivity index (χ4n) is 3.75. The average molecular weight is 384 g/mol. The number of aromatic nitrogens is 3. The summed E-state index contributed by atoms with van der Waals surface area (Å²) in [5.74, 6) is 0.841. The summed E-state index contributed by atoms with van der Waals surface area (Å²) in [6, 6.07) is 20.0. The van der Waals surface area contributed by atoms with Gasteiger partial charge in [0, 0.05) is 18.4 Å². The Morgan fingerprint density at radius 2 is 1.79 bits per heavy atom. The normalized spacial score (nSPS) is 11.0. The number of rotatable bonds is 6. The van der Waals surface area contributed by atoms with Crippen molar-refractivity contribution in [1.29, 1.82) is 0 Å². The van der Waals surface area contributed by atoms with Gasteiger partial charge >= 0.3 is 0 Å². The number of carbonyl (C=O) groups is 1. The Hall–Kier alpha value is -3.47. The summed E-state index contributed by atoms with van der Waals surface area (Å²) in [7, 11) is 0. The van der Waals surface area contributed by atoms with Gasteiger partial charge in [0.05, 0.1) is 12.1 Å². The Kier molecular flexibility index (Phi) is 5.38. The average Bonchev–Trinajstić information content (AvgIpc) is 3.03. The van der Waals surface area contributed by atoms with Crippen LogP contribution in [0.5, 0.6) is 0 Å². The fourth-order valence-corrected chi connectivity index (χ4v) is 3.75. The monoisotopic (exact) mass is 384 g/mol. The van der Waals surface area contributed by atoms with E-state index in [9.17, 15) is 4.79 Å². The molecule has 29 heavy (non-hydrogen) atoms. The maximum absolute atomic E-state index is 12.5. The molecule has 5 nitrogen and oxygen atoms in total. The van der Waals surface area contributed by atoms with Crippen molar-refractivity contribution < 1.29 is 4.79 Å². The van der Waals surface area contributed by atoms with Crippen molar-refractivity contribution in [3.8, 4) is 5.82 Å². The number of hydrogen-bond donors (Lipinski definition) is 1. The van der Waals surface area contributed by atoms with Gasteiger partial charge in [-0.05, 0) is 54.3 Å². The van der Waals surface area contributed by atoms with Gasteiger partial charge in [-0.3, -0.25) is 4.79 Å². The van der Waals surface area contributed by atoms with Crippen molar-refractivity contribution in [2.75, 3.05) is 6.54 Å². The van der Waals surface area contributed by atoms with Crippen LogP contribution in [0.25, 0.3) is 16.6 Å². The summed E-state index contributed by atoms with van der Waals surface area (Å²) < 4.78 is 1.86. The lowest BCUT2D eigenvalue weighted by Gasteiger charge is -2.08. The Balaban J connectivity index is 1.40. The standard InChI is InChI=1S/C24H24N4O/c1-17-21(18(2)28(27-17)23-12-5-6-14-25-23)13-15-26-24(29)16-20-10-7-9-19-8-3-4-11-22(19)20/h3-12,14H,13,15-16H2,1-2H3,(H,26,29). The van der Waals surface area contributed by atoms with Crippen molar-refractivity contribution in [3.63, 3.8) is 0 Å². The number of carbonyl (C=O) groups excluding carboxylic acids is 1. The fraction of sp³-hybridized carbons (Fsp3) is 0.208. The Morgan fingerprint density at radius 3 is 2.62 bits per heavy atom. The second-order valence-corrected chi connectivity index (χ2v) is 7.16. The van der Waals surface area contributed by atoms with E-state index in [1.807, 2.05) is 61.0 Å². The Bertz CT molecular complexity index is 1140. The van der Waals surface area contributed by atoms with E-state index in [-0.39, 0.29) is 5.91 Å². The van der Waals surface area contributed by atoms with Crippen LogP contribution >= 0.6 is 0 Å². The first-order valence-corrected chi connectivity index (χ1v) is 9.83. The quantitative estimate of drug-likeness (QED) is 0.548. The van der Waals surface area contributed by atoms with E-state index in [0.717, 1.165) is 45.5 Å². The summed E-state index contributed by atoms with van der Waals surface area (Å²) in [6.07, 6.45) is 2.89. The molecule has 0 aliphatic rings. The molecular weight excluding hydrogens is 360 g/mol. The van der Waals surface area contributed by atoms with Gasteiger partial charge in [-0.1, -0.05) is 48.5 Å². The minimum atomic E-state index is 0.0359. The Morgan fingerprint density at radius 1 is 1.00 bits per heavy atom. The highest BCUT2D eigenvalue weighted by molar-refractivity contribution is 5.90. The molecule has 5 heteroatoms. The molecule has 146 valence electrons. The second-order valence-electron chi connectivity index (χ2n) is 7.16. The van der Waals surface area contributed by atoms with E-state index in [2.05, 4.69) is 33.6 Å². The summed E-state index contributed by atoms with van der Waals surface area (Å²) in [5.41, 5.74) is 4.23. The highest BCUT2D eigenvalue weighted by Gasteiger charge is 2.14. The highest BCUT2D eigenvalue weighted by Crippen LogP contribution is 2.19. The lowest BCUT2D eigenvalue weighted by Crippen LogP contribution is -2.27. The van der Waals surface area contributed by atoms with Crippen LogP contribution in [0.15, 0.2) is 66.9 Å². The largest absolute Gasteiger partial charge is 0.355 e. The number of benzene rings is 2. The van der Waals surface area contributed by atoms with E-state index in [0.29, 0.717) is 13.0 Å². The molecule has 0 saturated heterocycles. The van der Waals surface area contributed by atoms with Crippen LogP contribution in [0, 0.1) is 13.8 Å². The molecule has 2 heterocycles. The molecule has 0 aliphatic carbocycles. The number of amides is 1. The van der Waals surface area contributed by atoms with E-state index < -0.39 is 0 Å². The zero-order valence-electron chi connectivity index (χ0n) is 16.7. The van der Waals surface area contributed by atoms with Crippen molar-refractivity contribution in [1.82, 2.24) is 20.1 Å². The van der Waals surface area contributed by atoms with E-state index in [4.69, 9.17) is 0 Å². The molecule has 0 radical (unpaired) electrons. The van der Waals surface area contributed by atoms with Gasteiger partial charge in [-0.25, -0.2) is 9.67 Å². The Labute approximate surface area is 170 Å². The summed E-state index contributed by atoms with van der Waals surface area (Å²) in [6.45, 7) is 4.63. The second kappa shape index (κ2) is 8.27. The predicted octanol–water partition coefficient (Wildman–Crippen LogP) is 3.94. The number of fused-ring (bicyclic) bond motifs is 1. The number of hydrogen-bond acceptors (Lipinski definition) is 3. The molecule has 4 rings (SSSR count). The van der Waals surface area contributed by atoms with Crippen LogP contribution in [-0.4, -0.2) is 27.2 Å². The molecule has 0 fully saturated rings. The van der Waals surface area contributed by atoms with Crippen LogP contribution in [0.3, 0.4) is 0 Å². The molecule has 4 aromatic rings. The van der Waals surface area contributed by atoms with Crippen molar-refractivity contribution in [2.45, 2.75) is 26.7 Å². The van der Waals surface area contributed by atoms with E-state index in [1.165, 1.54) is 0 Å². The lowest BCUT2D eigenvalue weighted by atomic mass is 10.0. The number of nitrogens with one attached hydrogen (secondary N) is 1. The van der Waals surface area contributed by atoms with Gasteiger partial charge < -0.3 is 5.32 Å². The van der Waals surface area contributed by atoms with Crippen LogP contribution in [0.4, 0.5) is 0 Å². The third-order valence-electron chi connectivity index (χ3n) is 5.24. The molecule has 0 unspecified atom stereocenters. The van der Waals surface area contributed by atoms with Gasteiger partial charge in [0.15, 0.2) is 5.82 Å². The first kappa shape index (κ1) is 18.9. The van der Waals surface area contributed by atoms with Crippen molar-refractivity contribution >= 4 is 16.7 Å². The van der Waals surface area contributed by atoms with Crippen LogP contribution in [-0.2, 0) is 17.6 Å². The molecular formula is C24H24N4O. The molecule has 0 spiro atoms. The minimum Gasteiger partial charge on any atom is -0.355 e. The third kappa shape index (κ3) is 4.04. The predicted molar refractivity (Wildman–Crippen MR) is 115 cm³/mol. The maximum atomic E-state index is 12.5. The molecule has 0 aliphatic heterocycles. The number of aryl methyl sites for hydroxylation is 1. The zero-order valence-corrected chi connectivity index (χ0v) is 16.7. The van der Waals surface area contributed by atoms with Crippen molar-refractivity contribution in [3.05, 3.63) is 89.4 Å². The van der Waals surface area contributed by atoms with E-state index >= 15 is 0 Å². The van der Waals surface area contributed by atoms with Crippen LogP contribution in [0.2, 0.25) is 0 Å². The lowest BCUT2D eigenvalue weighted by molar-refractivity contribution is -0.120. The van der Waals surface area contributed by atoms with Gasteiger partial charge in [-0.2, -0.15) is 5.10 Å². The topological polar surface area (TPSA) is 59.8 Å². The highest BCUT2D eigenvalue weighted by atomic mass is 16.1. The number of nitrogens with zero attached hydrogens (tertiary/aromatic N) is 3. The zero-order chi connectivity index (χ0) is 20.2. The van der Waals surface area contributed by atoms with E-state index in [1.54, 1.807) is 6.20 Å². The summed E-state index contributed by atoms with van der Waals surface area (Å²) in [4.78, 5) is 16.9. The molecule has 1 amide bonds. The van der Waals surface area contributed by atoms with Gasteiger partial charge in [0.25, 0.3) is 0 Å². The summed E-state index contributed by atoms with van der Waals surface area (Å²) >= 11 is 0. The third-order valence-corrected chi connectivity index (χ3v) is 5.24. The van der Waals surface area contributed by atoms with Gasteiger partial charge in [0.1, 0.15) is 0 Å². The molecule has 0 atom stereocenters. The van der Waals surface area contributed by atoms with Crippen molar-refractivity contribution in [2.24, 2.45) is 0 Å². The molecule has 2 aromatic heterocycles. The SMILES string of the molecule is Cc1nn(-c2ccccn2)c(C)c1CCNC(=O)Cc1cccc2ccccc12. The first-order chi connectivity index (χ1) is 14.1. The summed E-state index contributed by atoms with van der Waals surface area (Å²) in [5, 5.41) is 9.97. The first-order valence-electron chi connectivity index (χ1n) is 9.83. The molecule has 2 aromatic carbocycles. The number of pyridine rings is 1. The van der Waals surface area contributed by atoms with Gasteiger partial charge in [0.2, 0.25) is 5.91 Å². The minimum absolute atomic E-state index is 0.0359. The molecule has 0 bridgehead atoms.